The highest BCUT2D eigenvalue weighted by Gasteiger charge is 2.25. The highest BCUT2D eigenvalue weighted by atomic mass is 16.7. The number of hydrogen-bond donors (Lipinski definition) is 1. The van der Waals surface area contributed by atoms with Gasteiger partial charge in [-0.1, -0.05) is 269 Å². The van der Waals surface area contributed by atoms with E-state index in [1.807, 2.05) is 21.1 Å². The number of ether oxygens (including phenoxy) is 4. The summed E-state index contributed by atoms with van der Waals surface area (Å²) in [5.74, 6) is -2.02. The van der Waals surface area contributed by atoms with Crippen LogP contribution in [-0.2, 0) is 33.3 Å². The Balaban J connectivity index is 4.15. The third-order valence-corrected chi connectivity index (χ3v) is 14.1. The van der Waals surface area contributed by atoms with Crippen molar-refractivity contribution < 1.29 is 42.9 Å². The number of hydrogen-bond acceptors (Lipinski definition) is 7. The van der Waals surface area contributed by atoms with Crippen molar-refractivity contribution in [3.05, 3.63) is 146 Å². The predicted octanol–water partition coefficient (Wildman–Crippen LogP) is 21.1. The highest BCUT2D eigenvalue weighted by molar-refractivity contribution is 5.71. The van der Waals surface area contributed by atoms with Crippen molar-refractivity contribution in [2.45, 2.75) is 270 Å². The fourth-order valence-electron chi connectivity index (χ4n) is 8.90. The summed E-state index contributed by atoms with van der Waals surface area (Å²) in [4.78, 5) is 37.5. The number of carbonyl (C=O) groups is 3. The minimum Gasteiger partial charge on any atom is -0.477 e. The maximum Gasteiger partial charge on any atom is 0.361 e. The molecule has 0 aromatic heterocycles. The van der Waals surface area contributed by atoms with Gasteiger partial charge >= 0.3 is 17.9 Å². The summed E-state index contributed by atoms with van der Waals surface area (Å²) >= 11 is 0. The van der Waals surface area contributed by atoms with Crippen LogP contribution in [0.2, 0.25) is 0 Å². The predicted molar refractivity (Wildman–Crippen MR) is 364 cm³/mol. The summed E-state index contributed by atoms with van der Waals surface area (Å²) in [6, 6.07) is 0. The molecule has 0 radical (unpaired) electrons. The van der Waals surface area contributed by atoms with Crippen LogP contribution in [0.25, 0.3) is 0 Å². The second-order valence-corrected chi connectivity index (χ2v) is 23.4. The van der Waals surface area contributed by atoms with Crippen LogP contribution in [0.3, 0.4) is 0 Å². The fraction of sp³-hybridized carbons (Fsp3) is 0.645. The molecule has 2 atom stereocenters. The molecule has 0 aliphatic carbocycles. The van der Waals surface area contributed by atoms with Crippen LogP contribution in [0.1, 0.15) is 258 Å². The van der Waals surface area contributed by atoms with Gasteiger partial charge < -0.3 is 28.5 Å². The first-order valence-corrected chi connectivity index (χ1v) is 34.0. The molecule has 0 fully saturated rings. The van der Waals surface area contributed by atoms with Gasteiger partial charge in [-0.3, -0.25) is 9.59 Å². The van der Waals surface area contributed by atoms with E-state index in [9.17, 15) is 19.5 Å². The topological polar surface area (TPSA) is 108 Å². The molecule has 0 saturated heterocycles. The molecule has 0 amide bonds. The minimum atomic E-state index is -1.52. The molecular formula is C76H126NO8+. The number of quaternary nitrogens is 1. The number of carboxylic acids is 1. The first kappa shape index (κ1) is 80.2. The Labute approximate surface area is 522 Å². The second-order valence-electron chi connectivity index (χ2n) is 23.4. The normalized spacial score (nSPS) is 13.7. The standard InChI is InChI=1S/C76H125NO8/c1-6-8-10-12-14-16-18-20-22-24-26-27-28-29-30-31-32-33-34-35-36-37-38-39-40-41-42-43-44-45-46-47-49-51-53-55-57-59-61-63-65-67-74(79)85-72(71-84-76(75(80)81)82-69-68-77(3,4)5)70-83-73(78)66-64-62-60-58-56-54-52-50-48-25-23-21-19-17-15-13-11-9-7-2/h8,10,14-17,20-23,26-27,29-30,32-33,35-36,38-39,41-42,44-45,72,76H,6-7,9,11-13,18-19,24-25,28,31,34,37,40,43,46-71H2,1-5H3/p+1/b10-8-,16-14-,17-15-,22-20-,23-21-,27-26-,30-29-,33-32-,36-35-,39-38-,42-41-,45-44-. The van der Waals surface area contributed by atoms with E-state index in [0.717, 1.165) is 116 Å². The third-order valence-electron chi connectivity index (χ3n) is 14.1. The minimum absolute atomic E-state index is 0.180. The first-order valence-electron chi connectivity index (χ1n) is 34.0. The van der Waals surface area contributed by atoms with Crippen LogP contribution < -0.4 is 0 Å². The Morgan fingerprint density at radius 1 is 0.365 bits per heavy atom. The Morgan fingerprint density at radius 2 is 0.671 bits per heavy atom. The summed E-state index contributed by atoms with van der Waals surface area (Å²) in [7, 11) is 5.96. The van der Waals surface area contributed by atoms with Crippen LogP contribution >= 0.6 is 0 Å². The molecule has 0 aromatic carbocycles. The number of unbranched alkanes of at least 4 members (excludes halogenated alkanes) is 22. The van der Waals surface area contributed by atoms with Crippen molar-refractivity contribution in [2.24, 2.45) is 0 Å². The third kappa shape index (κ3) is 66.5. The average Bonchev–Trinajstić information content (AvgIpc) is 3.49. The van der Waals surface area contributed by atoms with Crippen molar-refractivity contribution in [3.8, 4) is 0 Å². The van der Waals surface area contributed by atoms with E-state index in [2.05, 4.69) is 160 Å². The highest BCUT2D eigenvalue weighted by Crippen LogP contribution is 2.16. The molecule has 0 saturated carbocycles. The molecular weight excluding hydrogens is 1050 g/mol. The Morgan fingerprint density at radius 3 is 1.00 bits per heavy atom. The van der Waals surface area contributed by atoms with Crippen molar-refractivity contribution in [1.29, 1.82) is 0 Å². The number of aliphatic carboxylic acids is 1. The van der Waals surface area contributed by atoms with Gasteiger partial charge in [0.05, 0.1) is 34.4 Å². The number of rotatable bonds is 61. The van der Waals surface area contributed by atoms with Gasteiger partial charge in [0.2, 0.25) is 0 Å². The van der Waals surface area contributed by atoms with E-state index >= 15 is 0 Å². The Bertz CT molecular complexity index is 1900. The molecule has 2 unspecified atom stereocenters. The summed E-state index contributed by atoms with van der Waals surface area (Å²) in [6.07, 6.45) is 92.3. The Kier molecular flexibility index (Phi) is 61.4. The molecule has 9 nitrogen and oxygen atoms in total. The number of carboxylic acid groups (broad SMARTS) is 1. The van der Waals surface area contributed by atoms with Gasteiger partial charge in [-0.05, 0) is 122 Å². The van der Waals surface area contributed by atoms with Crippen LogP contribution in [0.15, 0.2) is 146 Å². The number of likely N-dealkylation sites (N-methyl/N-ethyl adjacent to an activating group) is 1. The lowest BCUT2D eigenvalue weighted by atomic mass is 10.0. The molecule has 85 heavy (non-hydrogen) atoms. The van der Waals surface area contributed by atoms with Gasteiger partial charge in [-0.25, -0.2) is 4.79 Å². The van der Waals surface area contributed by atoms with Crippen LogP contribution in [0.4, 0.5) is 0 Å². The monoisotopic (exact) mass is 1180 g/mol. The molecule has 0 heterocycles. The molecule has 0 rings (SSSR count). The molecule has 482 valence electrons. The fourth-order valence-corrected chi connectivity index (χ4v) is 8.90. The number of carbonyl (C=O) groups excluding carboxylic acids is 2. The zero-order valence-corrected chi connectivity index (χ0v) is 55.0. The maximum absolute atomic E-state index is 12.9. The van der Waals surface area contributed by atoms with E-state index in [4.69, 9.17) is 18.9 Å². The van der Waals surface area contributed by atoms with Crippen molar-refractivity contribution in [1.82, 2.24) is 0 Å². The van der Waals surface area contributed by atoms with Crippen molar-refractivity contribution in [2.75, 3.05) is 47.5 Å². The molecule has 0 aliphatic rings. The van der Waals surface area contributed by atoms with E-state index in [1.54, 1.807) is 0 Å². The lowest BCUT2D eigenvalue weighted by molar-refractivity contribution is -0.870. The largest absolute Gasteiger partial charge is 0.477 e. The van der Waals surface area contributed by atoms with E-state index in [1.165, 1.54) is 109 Å². The average molecular weight is 1180 g/mol. The van der Waals surface area contributed by atoms with Crippen molar-refractivity contribution in [3.63, 3.8) is 0 Å². The van der Waals surface area contributed by atoms with E-state index in [-0.39, 0.29) is 32.2 Å². The zero-order chi connectivity index (χ0) is 61.9. The van der Waals surface area contributed by atoms with Gasteiger partial charge in [0.1, 0.15) is 13.2 Å². The van der Waals surface area contributed by atoms with E-state index in [0.29, 0.717) is 23.9 Å². The Hall–Kier alpha value is -4.83. The van der Waals surface area contributed by atoms with Crippen molar-refractivity contribution >= 4 is 17.9 Å². The molecule has 1 N–H and O–H groups in total. The quantitative estimate of drug-likeness (QED) is 0.0211. The number of esters is 2. The zero-order valence-electron chi connectivity index (χ0n) is 55.0. The molecule has 0 aromatic rings. The van der Waals surface area contributed by atoms with Gasteiger partial charge in [0.15, 0.2) is 6.10 Å². The number of nitrogens with zero attached hydrogens (tertiary/aromatic N) is 1. The first-order chi connectivity index (χ1) is 41.6. The van der Waals surface area contributed by atoms with Gasteiger partial charge in [-0.2, -0.15) is 0 Å². The van der Waals surface area contributed by atoms with Crippen LogP contribution in [-0.4, -0.2) is 87.4 Å². The summed E-state index contributed by atoms with van der Waals surface area (Å²) in [5.41, 5.74) is 0. The lowest BCUT2D eigenvalue weighted by Crippen LogP contribution is -2.40. The van der Waals surface area contributed by atoms with Gasteiger partial charge in [0.25, 0.3) is 6.29 Å². The molecule has 0 spiro atoms. The second kappa shape index (κ2) is 65.2. The smallest absolute Gasteiger partial charge is 0.361 e. The molecule has 0 aliphatic heterocycles. The summed E-state index contributed by atoms with van der Waals surface area (Å²) in [6.45, 7) is 4.72. The maximum atomic E-state index is 12.9. The SMILES string of the molecule is CC/C=C\C/C=C\C/C=C\C/C=C\C/C=C\C/C=C\C/C=C\C/C=C\C/C=C\C/C=C\CCCCCCCCCCCCC(=O)OC(COC(=O)CCCCCCCCCCC/C=C\C/C=C\CCCCC)COC(OCC[N+](C)(C)C)C(=O)O. The lowest BCUT2D eigenvalue weighted by Gasteiger charge is -2.25. The van der Waals surface area contributed by atoms with Crippen LogP contribution in [0.5, 0.6) is 0 Å². The van der Waals surface area contributed by atoms with Gasteiger partial charge in [0, 0.05) is 12.8 Å². The van der Waals surface area contributed by atoms with Crippen LogP contribution in [0, 0.1) is 0 Å². The number of allylic oxidation sites excluding steroid dienone is 24. The van der Waals surface area contributed by atoms with E-state index < -0.39 is 24.3 Å². The summed E-state index contributed by atoms with van der Waals surface area (Å²) in [5, 5.41) is 9.73. The molecule has 9 heteroatoms. The van der Waals surface area contributed by atoms with Gasteiger partial charge in [-0.15, -0.1) is 0 Å². The summed E-state index contributed by atoms with van der Waals surface area (Å²) < 4.78 is 22.9. The molecule has 0 bridgehead atoms.